The van der Waals surface area contributed by atoms with Crippen LogP contribution in [0.3, 0.4) is 0 Å². The molecule has 1 N–H and O–H groups in total. The Morgan fingerprint density at radius 1 is 0.765 bits per heavy atom. The van der Waals surface area contributed by atoms with Crippen LogP contribution < -0.4 is 10.6 Å². The molecule has 1 unspecified atom stereocenters. The van der Waals surface area contributed by atoms with Crippen molar-refractivity contribution in [3.8, 4) is 0 Å². The quantitative estimate of drug-likeness (QED) is 0.248. The third-order valence-electron chi connectivity index (χ3n) is 5.72. The SMILES string of the molecule is CC(/C(=N/N(c1ccccc1)c1ccccc1)c1ccccc1)c1nc2ccccc2[nH]c1=O. The lowest BCUT2D eigenvalue weighted by Crippen LogP contribution is -2.25. The number of H-pyrrole nitrogens is 1. The molecule has 5 heteroatoms. The first-order valence-corrected chi connectivity index (χ1v) is 11.2. The Morgan fingerprint density at radius 3 is 1.91 bits per heavy atom. The number of hydrogen-bond donors (Lipinski definition) is 1. The molecule has 166 valence electrons. The monoisotopic (exact) mass is 444 g/mol. The van der Waals surface area contributed by atoms with Gasteiger partial charge in [0.25, 0.3) is 5.56 Å². The molecule has 0 aliphatic carbocycles. The molecule has 0 saturated carbocycles. The van der Waals surface area contributed by atoms with Crippen LogP contribution in [0.1, 0.15) is 24.1 Å². The van der Waals surface area contributed by atoms with E-state index in [-0.39, 0.29) is 11.5 Å². The van der Waals surface area contributed by atoms with Crippen molar-refractivity contribution in [3.05, 3.63) is 137 Å². The number of nitrogens with one attached hydrogen (secondary N) is 1. The van der Waals surface area contributed by atoms with Crippen molar-refractivity contribution in [1.29, 1.82) is 0 Å². The van der Waals surface area contributed by atoms with Gasteiger partial charge in [0, 0.05) is 5.92 Å². The molecule has 0 aliphatic rings. The van der Waals surface area contributed by atoms with Gasteiger partial charge in [0.05, 0.1) is 28.1 Å². The third kappa shape index (κ3) is 4.36. The number of aromatic amines is 1. The van der Waals surface area contributed by atoms with Crippen molar-refractivity contribution in [2.24, 2.45) is 5.10 Å². The molecule has 0 aliphatic heterocycles. The van der Waals surface area contributed by atoms with E-state index in [4.69, 9.17) is 10.1 Å². The van der Waals surface area contributed by atoms with Crippen molar-refractivity contribution >= 4 is 28.1 Å². The normalized spacial score (nSPS) is 12.4. The van der Waals surface area contributed by atoms with E-state index >= 15 is 0 Å². The fraction of sp³-hybridized carbons (Fsp3) is 0.0690. The first kappa shape index (κ1) is 21.3. The summed E-state index contributed by atoms with van der Waals surface area (Å²) in [7, 11) is 0. The molecule has 5 rings (SSSR count). The van der Waals surface area contributed by atoms with E-state index in [1.165, 1.54) is 0 Å². The van der Waals surface area contributed by atoms with Gasteiger partial charge >= 0.3 is 0 Å². The molecule has 0 fully saturated rings. The highest BCUT2D eigenvalue weighted by Crippen LogP contribution is 2.28. The molecule has 0 saturated heterocycles. The predicted octanol–water partition coefficient (Wildman–Crippen LogP) is 6.27. The number of rotatable bonds is 6. The molecule has 4 aromatic carbocycles. The molecule has 0 spiro atoms. The van der Waals surface area contributed by atoms with Crippen LogP contribution in [0.4, 0.5) is 11.4 Å². The fourth-order valence-corrected chi connectivity index (χ4v) is 3.98. The van der Waals surface area contributed by atoms with E-state index in [1.807, 2.05) is 127 Å². The Balaban J connectivity index is 1.70. The molecule has 0 bridgehead atoms. The second kappa shape index (κ2) is 9.55. The van der Waals surface area contributed by atoms with Crippen molar-refractivity contribution in [2.75, 3.05) is 5.01 Å². The first-order valence-electron chi connectivity index (χ1n) is 11.2. The van der Waals surface area contributed by atoms with Crippen LogP contribution in [0, 0.1) is 0 Å². The van der Waals surface area contributed by atoms with E-state index in [9.17, 15) is 4.79 Å². The third-order valence-corrected chi connectivity index (χ3v) is 5.72. The van der Waals surface area contributed by atoms with E-state index in [1.54, 1.807) is 0 Å². The summed E-state index contributed by atoms with van der Waals surface area (Å²) in [6.07, 6.45) is 0. The van der Waals surface area contributed by atoms with Gasteiger partial charge in [-0.15, -0.1) is 0 Å². The van der Waals surface area contributed by atoms with Gasteiger partial charge < -0.3 is 4.98 Å². The first-order chi connectivity index (χ1) is 16.7. The maximum atomic E-state index is 13.0. The summed E-state index contributed by atoms with van der Waals surface area (Å²) in [5, 5.41) is 7.05. The molecule has 0 amide bonds. The number of hydrogen-bond acceptors (Lipinski definition) is 4. The van der Waals surface area contributed by atoms with Gasteiger partial charge in [0.15, 0.2) is 0 Å². The smallest absolute Gasteiger partial charge is 0.270 e. The second-order valence-corrected chi connectivity index (χ2v) is 8.02. The Morgan fingerprint density at radius 2 is 1.29 bits per heavy atom. The molecule has 34 heavy (non-hydrogen) atoms. The number of fused-ring (bicyclic) bond motifs is 1. The van der Waals surface area contributed by atoms with Gasteiger partial charge in [-0.1, -0.05) is 85.8 Å². The highest BCUT2D eigenvalue weighted by molar-refractivity contribution is 6.05. The minimum atomic E-state index is -0.356. The summed E-state index contributed by atoms with van der Waals surface area (Å²) in [4.78, 5) is 20.8. The van der Waals surface area contributed by atoms with E-state index < -0.39 is 0 Å². The predicted molar refractivity (Wildman–Crippen MR) is 139 cm³/mol. The van der Waals surface area contributed by atoms with Crippen LogP contribution in [-0.4, -0.2) is 15.7 Å². The highest BCUT2D eigenvalue weighted by atomic mass is 16.1. The van der Waals surface area contributed by atoms with Gasteiger partial charge in [0.2, 0.25) is 0 Å². The van der Waals surface area contributed by atoms with Crippen LogP contribution in [-0.2, 0) is 0 Å². The van der Waals surface area contributed by atoms with Crippen LogP contribution in [0.25, 0.3) is 11.0 Å². The summed E-state index contributed by atoms with van der Waals surface area (Å²) in [6.45, 7) is 1.98. The van der Waals surface area contributed by atoms with Gasteiger partial charge in [-0.2, -0.15) is 5.10 Å². The largest absolute Gasteiger partial charge is 0.319 e. The number of aromatic nitrogens is 2. The highest BCUT2D eigenvalue weighted by Gasteiger charge is 2.22. The Bertz CT molecular complexity index is 1440. The lowest BCUT2D eigenvalue weighted by molar-refractivity contribution is 0.908. The standard InChI is InChI=1S/C29H24N4O/c1-21(28-29(34)31-26-20-12-11-19-25(26)30-28)27(22-13-5-2-6-14-22)32-33(23-15-7-3-8-16-23)24-17-9-4-10-18-24/h2-21H,1H3,(H,31,34)/b32-27-. The lowest BCUT2D eigenvalue weighted by Gasteiger charge is -2.23. The maximum absolute atomic E-state index is 13.0. The van der Waals surface area contributed by atoms with Crippen LogP contribution >= 0.6 is 0 Å². The zero-order chi connectivity index (χ0) is 23.3. The number of hydrazone groups is 1. The molecular weight excluding hydrogens is 420 g/mol. The summed E-state index contributed by atoms with van der Waals surface area (Å²) >= 11 is 0. The van der Waals surface area contributed by atoms with E-state index in [0.717, 1.165) is 33.7 Å². The van der Waals surface area contributed by atoms with Gasteiger partial charge in [0.1, 0.15) is 5.69 Å². The van der Waals surface area contributed by atoms with Crippen LogP contribution in [0.15, 0.2) is 125 Å². The Hall–Kier alpha value is -4.51. The second-order valence-electron chi connectivity index (χ2n) is 8.02. The van der Waals surface area contributed by atoms with Crippen molar-refractivity contribution < 1.29 is 0 Å². The average Bonchev–Trinajstić information content (AvgIpc) is 2.90. The Labute approximate surface area is 198 Å². The minimum Gasteiger partial charge on any atom is -0.319 e. The lowest BCUT2D eigenvalue weighted by atomic mass is 9.95. The summed E-state index contributed by atoms with van der Waals surface area (Å²) in [5.41, 5.74) is 5.23. The number of benzene rings is 4. The summed E-state index contributed by atoms with van der Waals surface area (Å²) in [5.74, 6) is -0.356. The van der Waals surface area contributed by atoms with Crippen molar-refractivity contribution in [1.82, 2.24) is 9.97 Å². The van der Waals surface area contributed by atoms with Gasteiger partial charge in [-0.05, 0) is 42.0 Å². The minimum absolute atomic E-state index is 0.208. The summed E-state index contributed by atoms with van der Waals surface area (Å²) < 4.78 is 0. The van der Waals surface area contributed by atoms with Gasteiger partial charge in [-0.25, -0.2) is 9.99 Å². The maximum Gasteiger partial charge on any atom is 0.270 e. The van der Waals surface area contributed by atoms with Crippen molar-refractivity contribution in [2.45, 2.75) is 12.8 Å². The Kier molecular flexibility index (Phi) is 5.99. The molecule has 1 heterocycles. The molecule has 1 atom stereocenters. The van der Waals surface area contributed by atoms with E-state index in [0.29, 0.717) is 5.69 Å². The topological polar surface area (TPSA) is 61.4 Å². The van der Waals surface area contributed by atoms with Crippen LogP contribution in [0.2, 0.25) is 0 Å². The zero-order valence-corrected chi connectivity index (χ0v) is 18.8. The fourth-order valence-electron chi connectivity index (χ4n) is 3.98. The molecule has 1 aromatic heterocycles. The molecule has 5 aromatic rings. The molecular formula is C29H24N4O. The van der Waals surface area contributed by atoms with Gasteiger partial charge in [-0.3, -0.25) is 4.79 Å². The zero-order valence-electron chi connectivity index (χ0n) is 18.8. The molecule has 0 radical (unpaired) electrons. The average molecular weight is 445 g/mol. The number of nitrogens with zero attached hydrogens (tertiary/aromatic N) is 3. The van der Waals surface area contributed by atoms with Crippen LogP contribution in [0.5, 0.6) is 0 Å². The van der Waals surface area contributed by atoms with E-state index in [2.05, 4.69) is 4.98 Å². The number of para-hydroxylation sites is 4. The molecule has 5 nitrogen and oxygen atoms in total. The summed E-state index contributed by atoms with van der Waals surface area (Å²) in [6, 6.07) is 37.5. The number of anilines is 2. The van der Waals surface area contributed by atoms with Crippen molar-refractivity contribution in [3.63, 3.8) is 0 Å².